The molecule has 7 nitrogen and oxygen atoms in total. The lowest BCUT2D eigenvalue weighted by Gasteiger charge is -2.23. The van der Waals surface area contributed by atoms with Crippen molar-refractivity contribution in [3.05, 3.63) is 33.1 Å². The first kappa shape index (κ1) is 17.3. The van der Waals surface area contributed by atoms with Crippen LogP contribution in [0.1, 0.15) is 31.1 Å². The smallest absolute Gasteiger partial charge is 0.288 e. The molecule has 1 atom stereocenters. The quantitative estimate of drug-likeness (QED) is 0.473. The third-order valence-corrected chi connectivity index (χ3v) is 3.39. The maximum atomic E-state index is 12.1. The Balaban J connectivity index is 2.79. The van der Waals surface area contributed by atoms with Gasteiger partial charge >= 0.3 is 0 Å². The fourth-order valence-electron chi connectivity index (χ4n) is 1.91. The lowest BCUT2D eigenvalue weighted by atomic mass is 10.2. The molecule has 0 aromatic carbocycles. The number of aromatic nitrogens is 1. The van der Waals surface area contributed by atoms with Crippen LogP contribution in [0.3, 0.4) is 0 Å². The highest BCUT2D eigenvalue weighted by molar-refractivity contribution is 6.32. The second-order valence-corrected chi connectivity index (χ2v) is 5.01. The molecule has 1 rings (SSSR count). The summed E-state index contributed by atoms with van der Waals surface area (Å²) in [4.78, 5) is 28.1. The largest absolute Gasteiger partial charge is 0.348 e. The number of nitro groups is 1. The Bertz CT molecular complexity index is 520. The van der Waals surface area contributed by atoms with E-state index in [9.17, 15) is 14.9 Å². The topological polar surface area (TPSA) is 88.4 Å². The SMILES string of the molecule is CCN(CC)CC(C)NC(=O)c1cc([N+](=O)[O-])cnc1Cl. The zero-order valence-electron chi connectivity index (χ0n) is 12.3. The summed E-state index contributed by atoms with van der Waals surface area (Å²) in [5.74, 6) is -0.462. The van der Waals surface area contributed by atoms with E-state index in [4.69, 9.17) is 11.6 Å². The van der Waals surface area contributed by atoms with Crippen LogP contribution in [0.15, 0.2) is 12.3 Å². The second-order valence-electron chi connectivity index (χ2n) is 4.65. The van der Waals surface area contributed by atoms with Crippen molar-refractivity contribution in [2.24, 2.45) is 0 Å². The summed E-state index contributed by atoms with van der Waals surface area (Å²) in [6.45, 7) is 8.41. The van der Waals surface area contributed by atoms with Gasteiger partial charge in [0.25, 0.3) is 11.6 Å². The van der Waals surface area contributed by atoms with Gasteiger partial charge in [-0.3, -0.25) is 14.9 Å². The van der Waals surface area contributed by atoms with E-state index in [1.165, 1.54) is 0 Å². The third-order valence-electron chi connectivity index (χ3n) is 3.08. The van der Waals surface area contributed by atoms with Crippen LogP contribution in [-0.4, -0.2) is 46.4 Å². The molecule has 116 valence electrons. The Morgan fingerprint density at radius 1 is 1.52 bits per heavy atom. The molecule has 21 heavy (non-hydrogen) atoms. The molecular formula is C13H19ClN4O3. The molecule has 0 fully saturated rings. The number of nitrogens with zero attached hydrogens (tertiary/aromatic N) is 3. The monoisotopic (exact) mass is 314 g/mol. The van der Waals surface area contributed by atoms with Gasteiger partial charge < -0.3 is 10.2 Å². The van der Waals surface area contributed by atoms with Gasteiger partial charge in [0.15, 0.2) is 0 Å². The number of likely N-dealkylation sites (N-methyl/N-ethyl adjacent to an activating group) is 1. The van der Waals surface area contributed by atoms with Crippen molar-refractivity contribution >= 4 is 23.2 Å². The summed E-state index contributed by atoms with van der Waals surface area (Å²) >= 11 is 5.83. The predicted molar refractivity (Wildman–Crippen MR) is 80.6 cm³/mol. The number of carbonyl (C=O) groups is 1. The molecule has 1 heterocycles. The average molecular weight is 315 g/mol. The number of amides is 1. The van der Waals surface area contributed by atoms with E-state index in [0.29, 0.717) is 6.54 Å². The minimum atomic E-state index is -0.612. The molecule has 0 radical (unpaired) electrons. The summed E-state index contributed by atoms with van der Waals surface area (Å²) in [6, 6.07) is 1.03. The minimum absolute atomic E-state index is 0.0114. The molecule has 0 aliphatic carbocycles. The number of hydrogen-bond donors (Lipinski definition) is 1. The number of carbonyl (C=O) groups excluding carboxylic acids is 1. The Kier molecular flexibility index (Phi) is 6.51. The van der Waals surface area contributed by atoms with Gasteiger partial charge in [-0.1, -0.05) is 25.4 Å². The van der Waals surface area contributed by atoms with E-state index in [1.54, 1.807) is 0 Å². The van der Waals surface area contributed by atoms with Crippen molar-refractivity contribution < 1.29 is 9.72 Å². The second kappa shape index (κ2) is 7.90. The number of halogens is 1. The summed E-state index contributed by atoms with van der Waals surface area (Å²) in [7, 11) is 0. The van der Waals surface area contributed by atoms with E-state index in [2.05, 4.69) is 15.2 Å². The van der Waals surface area contributed by atoms with Crippen molar-refractivity contribution in [2.75, 3.05) is 19.6 Å². The maximum Gasteiger partial charge on any atom is 0.288 e. The van der Waals surface area contributed by atoms with E-state index in [0.717, 1.165) is 25.4 Å². The van der Waals surface area contributed by atoms with Crippen molar-refractivity contribution in [2.45, 2.75) is 26.8 Å². The predicted octanol–water partition coefficient (Wildman–Crippen LogP) is 2.10. The third kappa shape index (κ3) is 4.95. The first-order valence-corrected chi connectivity index (χ1v) is 7.09. The average Bonchev–Trinajstić information content (AvgIpc) is 2.44. The van der Waals surface area contributed by atoms with Crippen molar-refractivity contribution in [1.82, 2.24) is 15.2 Å². The van der Waals surface area contributed by atoms with Crippen molar-refractivity contribution in [3.8, 4) is 0 Å². The zero-order valence-corrected chi connectivity index (χ0v) is 13.1. The molecule has 0 bridgehead atoms. The van der Waals surface area contributed by atoms with Gasteiger partial charge in [0, 0.05) is 18.7 Å². The molecule has 1 amide bonds. The van der Waals surface area contributed by atoms with Gasteiger partial charge in [0.05, 0.1) is 10.5 Å². The first-order valence-electron chi connectivity index (χ1n) is 6.72. The lowest BCUT2D eigenvalue weighted by molar-refractivity contribution is -0.385. The number of pyridine rings is 1. The number of rotatable bonds is 7. The lowest BCUT2D eigenvalue weighted by Crippen LogP contribution is -2.42. The molecule has 1 N–H and O–H groups in total. The molecule has 0 saturated heterocycles. The van der Waals surface area contributed by atoms with Crippen molar-refractivity contribution in [1.29, 1.82) is 0 Å². The molecule has 1 unspecified atom stereocenters. The highest BCUT2D eigenvalue weighted by Crippen LogP contribution is 2.19. The van der Waals surface area contributed by atoms with Gasteiger partial charge in [-0.25, -0.2) is 4.98 Å². The van der Waals surface area contributed by atoms with Gasteiger partial charge in [0.1, 0.15) is 11.3 Å². The van der Waals surface area contributed by atoms with Crippen LogP contribution < -0.4 is 5.32 Å². The van der Waals surface area contributed by atoms with E-state index in [1.807, 2.05) is 20.8 Å². The minimum Gasteiger partial charge on any atom is -0.348 e. The number of hydrogen-bond acceptors (Lipinski definition) is 5. The Morgan fingerprint density at radius 3 is 2.67 bits per heavy atom. The highest BCUT2D eigenvalue weighted by atomic mass is 35.5. The summed E-state index contributed by atoms with van der Waals surface area (Å²) < 4.78 is 0. The molecular weight excluding hydrogens is 296 g/mol. The fourth-order valence-corrected chi connectivity index (χ4v) is 2.10. The molecule has 1 aromatic heterocycles. The van der Waals surface area contributed by atoms with Crippen LogP contribution in [0.4, 0.5) is 5.69 Å². The number of nitrogens with one attached hydrogen (secondary N) is 1. The van der Waals surface area contributed by atoms with E-state index < -0.39 is 10.8 Å². The van der Waals surface area contributed by atoms with Gasteiger partial charge in [-0.2, -0.15) is 0 Å². The molecule has 8 heteroatoms. The Hall–Kier alpha value is -1.73. The molecule has 0 aliphatic heterocycles. The van der Waals surface area contributed by atoms with Crippen molar-refractivity contribution in [3.63, 3.8) is 0 Å². The van der Waals surface area contributed by atoms with Gasteiger partial charge in [0.2, 0.25) is 0 Å². The fraction of sp³-hybridized carbons (Fsp3) is 0.538. The molecule has 1 aromatic rings. The van der Waals surface area contributed by atoms with Crippen LogP contribution in [0.2, 0.25) is 5.15 Å². The summed E-state index contributed by atoms with van der Waals surface area (Å²) in [6.07, 6.45) is 1.03. The highest BCUT2D eigenvalue weighted by Gasteiger charge is 2.19. The van der Waals surface area contributed by atoms with Crippen LogP contribution in [0.25, 0.3) is 0 Å². The van der Waals surface area contributed by atoms with Gasteiger partial charge in [-0.15, -0.1) is 0 Å². The van der Waals surface area contributed by atoms with E-state index >= 15 is 0 Å². The van der Waals surface area contributed by atoms with Gasteiger partial charge in [-0.05, 0) is 20.0 Å². The maximum absolute atomic E-state index is 12.1. The van der Waals surface area contributed by atoms with Crippen LogP contribution in [0.5, 0.6) is 0 Å². The van der Waals surface area contributed by atoms with E-state index in [-0.39, 0.29) is 22.4 Å². The molecule has 0 spiro atoms. The normalized spacial score (nSPS) is 12.2. The molecule has 0 aliphatic rings. The Morgan fingerprint density at radius 2 is 2.14 bits per heavy atom. The van der Waals surface area contributed by atoms with Crippen LogP contribution >= 0.6 is 11.6 Å². The summed E-state index contributed by atoms with van der Waals surface area (Å²) in [5, 5.41) is 13.4. The van der Waals surface area contributed by atoms with Crippen LogP contribution in [0, 0.1) is 10.1 Å². The van der Waals surface area contributed by atoms with Crippen LogP contribution in [-0.2, 0) is 0 Å². The standard InChI is InChI=1S/C13H19ClN4O3/c1-4-17(5-2)8-9(3)16-13(19)11-6-10(18(20)21)7-15-12(11)14/h6-7,9H,4-5,8H2,1-3H3,(H,16,19). The zero-order chi connectivity index (χ0) is 16.0. The Labute approximate surface area is 128 Å². The summed E-state index contributed by atoms with van der Waals surface area (Å²) in [5.41, 5.74) is -0.252. The first-order chi connectivity index (χ1) is 9.88. The molecule has 0 saturated carbocycles.